The summed E-state index contributed by atoms with van der Waals surface area (Å²) in [6.07, 6.45) is -3.85. The number of nitrogens with one attached hydrogen (secondary N) is 1. The second kappa shape index (κ2) is 7.66. The Bertz CT molecular complexity index is 634. The van der Waals surface area contributed by atoms with Gasteiger partial charge in [0, 0.05) is 13.6 Å². The van der Waals surface area contributed by atoms with Crippen LogP contribution in [0.4, 0.5) is 27.6 Å². The van der Waals surface area contributed by atoms with Crippen LogP contribution in [0.5, 0.6) is 0 Å². The second-order valence-corrected chi connectivity index (χ2v) is 5.04. The maximum Gasteiger partial charge on any atom is 0.453 e. The first kappa shape index (κ1) is 18.9. The van der Waals surface area contributed by atoms with Crippen molar-refractivity contribution >= 4 is 11.6 Å². The summed E-state index contributed by atoms with van der Waals surface area (Å²) in [6, 6.07) is 6.17. The first-order valence-corrected chi connectivity index (χ1v) is 6.90. The van der Waals surface area contributed by atoms with Gasteiger partial charge in [0.1, 0.15) is 6.61 Å². The van der Waals surface area contributed by atoms with E-state index in [2.05, 4.69) is 15.2 Å². The third-order valence-corrected chi connectivity index (χ3v) is 3.17. The first-order chi connectivity index (χ1) is 11.7. The van der Waals surface area contributed by atoms with Crippen LogP contribution < -0.4 is 10.6 Å². The van der Waals surface area contributed by atoms with Gasteiger partial charge in [0.15, 0.2) is 0 Å². The van der Waals surface area contributed by atoms with Crippen molar-refractivity contribution in [1.29, 1.82) is 0 Å². The highest BCUT2D eigenvalue weighted by atomic mass is 19.4. The standard InChI is InChI=1S/C14H14F5N3O3/c1-21(12(23)8-24-13(15)16)6-9-2-4-10(5-3-9)22-7-11(25-20-22)14(17,18)19/h2-5,7,13,20H,6,8H2,1H3. The molecule has 0 saturated carbocycles. The van der Waals surface area contributed by atoms with Crippen LogP contribution in [0.1, 0.15) is 5.56 Å². The van der Waals surface area contributed by atoms with E-state index in [1.807, 2.05) is 0 Å². The molecule has 11 heteroatoms. The molecule has 0 unspecified atom stereocenters. The van der Waals surface area contributed by atoms with Crippen molar-refractivity contribution in [3.05, 3.63) is 41.8 Å². The molecule has 0 atom stereocenters. The van der Waals surface area contributed by atoms with Crippen molar-refractivity contribution in [2.24, 2.45) is 0 Å². The fraction of sp³-hybridized carbons (Fsp3) is 0.357. The van der Waals surface area contributed by atoms with E-state index >= 15 is 0 Å². The number of allylic oxidation sites excluding steroid dienone is 1. The van der Waals surface area contributed by atoms with Gasteiger partial charge in [-0.1, -0.05) is 17.7 Å². The molecule has 2 rings (SSSR count). The van der Waals surface area contributed by atoms with Gasteiger partial charge in [0.25, 0.3) is 0 Å². The summed E-state index contributed by atoms with van der Waals surface area (Å²) in [6.45, 7) is -3.65. The fourth-order valence-electron chi connectivity index (χ4n) is 1.90. The van der Waals surface area contributed by atoms with Crippen LogP contribution in [0, 0.1) is 0 Å². The van der Waals surface area contributed by atoms with Crippen LogP contribution in [-0.2, 0) is 20.9 Å². The van der Waals surface area contributed by atoms with Crippen LogP contribution in [0.3, 0.4) is 0 Å². The van der Waals surface area contributed by atoms with E-state index in [-0.39, 0.29) is 6.54 Å². The van der Waals surface area contributed by atoms with Crippen molar-refractivity contribution in [1.82, 2.24) is 10.5 Å². The van der Waals surface area contributed by atoms with Gasteiger partial charge in [-0.2, -0.15) is 22.0 Å². The lowest BCUT2D eigenvalue weighted by Crippen LogP contribution is -2.30. The van der Waals surface area contributed by atoms with Gasteiger partial charge >= 0.3 is 12.8 Å². The Labute approximate surface area is 139 Å². The van der Waals surface area contributed by atoms with E-state index in [1.165, 1.54) is 24.1 Å². The topological polar surface area (TPSA) is 54.0 Å². The molecule has 1 aliphatic rings. The zero-order chi connectivity index (χ0) is 18.6. The van der Waals surface area contributed by atoms with E-state index in [1.54, 1.807) is 12.1 Å². The molecule has 1 aromatic carbocycles. The molecule has 138 valence electrons. The maximum atomic E-state index is 12.5. The summed E-state index contributed by atoms with van der Waals surface area (Å²) in [5.74, 6) is -1.81. The summed E-state index contributed by atoms with van der Waals surface area (Å²) in [7, 11) is 1.42. The summed E-state index contributed by atoms with van der Waals surface area (Å²) in [5.41, 5.74) is 3.13. The SMILES string of the molecule is CN(Cc1ccc(N2C=C(C(F)(F)F)ON2)cc1)C(=O)COC(F)F. The number of halogens is 5. The Hall–Kier alpha value is -2.40. The lowest BCUT2D eigenvalue weighted by Gasteiger charge is -2.18. The number of amides is 1. The molecular weight excluding hydrogens is 353 g/mol. The number of carbonyl (C=O) groups is 1. The largest absolute Gasteiger partial charge is 0.453 e. The normalized spacial score (nSPS) is 14.5. The Kier molecular flexibility index (Phi) is 5.80. The third-order valence-electron chi connectivity index (χ3n) is 3.17. The lowest BCUT2D eigenvalue weighted by molar-refractivity contribution is -0.159. The van der Waals surface area contributed by atoms with Crippen molar-refractivity contribution in [3.8, 4) is 0 Å². The summed E-state index contributed by atoms with van der Waals surface area (Å²) in [5, 5.41) is 1.04. The van der Waals surface area contributed by atoms with Crippen molar-refractivity contribution in [3.63, 3.8) is 0 Å². The van der Waals surface area contributed by atoms with Crippen LogP contribution >= 0.6 is 0 Å². The summed E-state index contributed by atoms with van der Waals surface area (Å²) < 4.78 is 65.2. The van der Waals surface area contributed by atoms with Crippen molar-refractivity contribution in [2.45, 2.75) is 19.3 Å². The predicted octanol–water partition coefficient (Wildman–Crippen LogP) is 2.54. The Balaban J connectivity index is 1.94. The Morgan fingerprint density at radius 1 is 1.32 bits per heavy atom. The summed E-state index contributed by atoms with van der Waals surface area (Å²) >= 11 is 0. The van der Waals surface area contributed by atoms with E-state index in [4.69, 9.17) is 0 Å². The number of hydrogen-bond acceptors (Lipinski definition) is 5. The fourth-order valence-corrected chi connectivity index (χ4v) is 1.90. The highest BCUT2D eigenvalue weighted by Crippen LogP contribution is 2.30. The molecular formula is C14H14F5N3O3. The van der Waals surface area contributed by atoms with E-state index in [0.717, 1.165) is 11.2 Å². The quantitative estimate of drug-likeness (QED) is 0.784. The minimum atomic E-state index is -4.61. The number of alkyl halides is 5. The second-order valence-electron chi connectivity index (χ2n) is 5.04. The number of anilines is 1. The van der Waals surface area contributed by atoms with E-state index in [9.17, 15) is 26.7 Å². The van der Waals surface area contributed by atoms with Gasteiger partial charge in [-0.3, -0.25) is 4.79 Å². The van der Waals surface area contributed by atoms with Crippen LogP contribution in [-0.4, -0.2) is 37.2 Å². The van der Waals surface area contributed by atoms with Gasteiger partial charge < -0.3 is 14.5 Å². The highest BCUT2D eigenvalue weighted by molar-refractivity contribution is 5.77. The van der Waals surface area contributed by atoms with Gasteiger partial charge in [0.05, 0.1) is 11.9 Å². The van der Waals surface area contributed by atoms with Crippen LogP contribution in [0.15, 0.2) is 36.2 Å². The molecule has 0 aromatic heterocycles. The van der Waals surface area contributed by atoms with Gasteiger partial charge in [-0.15, -0.1) is 0 Å². The van der Waals surface area contributed by atoms with E-state index in [0.29, 0.717) is 11.3 Å². The van der Waals surface area contributed by atoms with Crippen LogP contribution in [0.25, 0.3) is 0 Å². The van der Waals surface area contributed by atoms with E-state index < -0.39 is 31.1 Å². The predicted molar refractivity (Wildman–Crippen MR) is 75.7 cm³/mol. The number of ether oxygens (including phenoxy) is 1. The maximum absolute atomic E-state index is 12.5. The molecule has 0 aliphatic carbocycles. The van der Waals surface area contributed by atoms with Gasteiger partial charge in [0.2, 0.25) is 11.7 Å². The molecule has 1 amide bonds. The number of nitrogens with zero attached hydrogens (tertiary/aromatic N) is 2. The lowest BCUT2D eigenvalue weighted by atomic mass is 10.2. The third kappa shape index (κ3) is 5.29. The van der Waals surface area contributed by atoms with Crippen molar-refractivity contribution in [2.75, 3.05) is 18.7 Å². The molecule has 1 N–H and O–H groups in total. The summed E-state index contributed by atoms with van der Waals surface area (Å²) in [4.78, 5) is 17.1. The molecule has 25 heavy (non-hydrogen) atoms. The molecule has 0 spiro atoms. The molecule has 6 nitrogen and oxygen atoms in total. The number of hydrazine groups is 1. The minimum absolute atomic E-state index is 0.124. The molecule has 0 bridgehead atoms. The Morgan fingerprint density at radius 2 is 1.96 bits per heavy atom. The number of benzene rings is 1. The molecule has 0 saturated heterocycles. The number of hydrogen-bond donors (Lipinski definition) is 1. The molecule has 1 heterocycles. The molecule has 0 fully saturated rings. The highest BCUT2D eigenvalue weighted by Gasteiger charge is 2.40. The average Bonchev–Trinajstić information content (AvgIpc) is 3.03. The zero-order valence-corrected chi connectivity index (χ0v) is 12.9. The van der Waals surface area contributed by atoms with Gasteiger partial charge in [-0.25, -0.2) is 5.01 Å². The van der Waals surface area contributed by atoms with Crippen molar-refractivity contribution < 1.29 is 36.3 Å². The zero-order valence-electron chi connectivity index (χ0n) is 12.9. The monoisotopic (exact) mass is 367 g/mol. The number of likely N-dealkylation sites (N-methyl/N-ethyl adjacent to an activating group) is 1. The number of carbonyl (C=O) groups excluding carboxylic acids is 1. The minimum Gasteiger partial charge on any atom is -0.382 e. The van der Waals surface area contributed by atoms with Crippen LogP contribution in [0.2, 0.25) is 0 Å². The smallest absolute Gasteiger partial charge is 0.382 e. The van der Waals surface area contributed by atoms with Gasteiger partial charge in [-0.05, 0) is 17.7 Å². The average molecular weight is 367 g/mol. The Morgan fingerprint density at radius 3 is 2.48 bits per heavy atom. The molecule has 0 radical (unpaired) electrons. The molecule has 1 aromatic rings. The molecule has 1 aliphatic heterocycles. The first-order valence-electron chi connectivity index (χ1n) is 6.90. The number of rotatable bonds is 6.